The van der Waals surface area contributed by atoms with E-state index in [-0.39, 0.29) is 6.79 Å². The summed E-state index contributed by atoms with van der Waals surface area (Å²) in [4.78, 5) is 12.0. The molecule has 0 atom stereocenters. The Morgan fingerprint density at radius 1 is 1.08 bits per heavy atom. The first-order chi connectivity index (χ1) is 11.9. The van der Waals surface area contributed by atoms with Gasteiger partial charge in [-0.1, -0.05) is 12.1 Å². The summed E-state index contributed by atoms with van der Waals surface area (Å²) in [6.45, 7) is 0.508. The molecule has 2 amide bonds. The number of hydrogen-bond donors (Lipinski definition) is 3. The number of ether oxygens (including phenoxy) is 2. The second kappa shape index (κ2) is 6.89. The van der Waals surface area contributed by atoms with Crippen LogP contribution in [0.3, 0.4) is 0 Å². The lowest BCUT2D eigenvalue weighted by Gasteiger charge is -2.10. The molecule has 0 saturated heterocycles. The van der Waals surface area contributed by atoms with Crippen molar-refractivity contribution in [2.75, 3.05) is 23.1 Å². The van der Waals surface area contributed by atoms with Gasteiger partial charge in [-0.3, -0.25) is 4.72 Å². The van der Waals surface area contributed by atoms with Crippen LogP contribution in [0.4, 0.5) is 16.2 Å². The fourth-order valence-corrected chi connectivity index (χ4v) is 2.84. The zero-order chi connectivity index (χ0) is 17.9. The number of urea groups is 1. The number of anilines is 2. The molecular formula is C16H17N3O5S. The van der Waals surface area contributed by atoms with Gasteiger partial charge >= 0.3 is 6.03 Å². The highest BCUT2D eigenvalue weighted by atomic mass is 32.2. The first-order valence-electron chi connectivity index (χ1n) is 7.40. The zero-order valence-electron chi connectivity index (χ0n) is 13.4. The summed E-state index contributed by atoms with van der Waals surface area (Å²) in [5.74, 6) is 1.34. The van der Waals surface area contributed by atoms with Crippen molar-refractivity contribution in [2.24, 2.45) is 0 Å². The maximum Gasteiger partial charge on any atom is 0.319 e. The van der Waals surface area contributed by atoms with Crippen molar-refractivity contribution < 1.29 is 22.7 Å². The van der Waals surface area contributed by atoms with Gasteiger partial charge in [-0.2, -0.15) is 0 Å². The summed E-state index contributed by atoms with van der Waals surface area (Å²) in [5.41, 5.74) is 1.71. The number of rotatable bonds is 5. The van der Waals surface area contributed by atoms with Crippen molar-refractivity contribution in [3.8, 4) is 11.5 Å². The third-order valence-electron chi connectivity index (χ3n) is 3.31. The number of benzene rings is 2. The van der Waals surface area contributed by atoms with Crippen molar-refractivity contribution >= 4 is 27.4 Å². The topological polar surface area (TPSA) is 106 Å². The molecule has 25 heavy (non-hydrogen) atoms. The molecule has 0 fully saturated rings. The van der Waals surface area contributed by atoms with Crippen molar-refractivity contribution in [3.05, 3.63) is 48.0 Å². The average Bonchev–Trinajstić information content (AvgIpc) is 2.99. The Kier molecular flexibility index (Phi) is 4.66. The van der Waals surface area contributed by atoms with Crippen LogP contribution in [0.15, 0.2) is 42.5 Å². The third kappa shape index (κ3) is 4.77. The van der Waals surface area contributed by atoms with Gasteiger partial charge in [0, 0.05) is 12.2 Å². The van der Waals surface area contributed by atoms with E-state index in [1.54, 1.807) is 30.3 Å². The SMILES string of the molecule is CS(=O)(=O)Nc1cccc(NC(=O)NCc2ccc3c(c2)OCO3)c1. The smallest absolute Gasteiger partial charge is 0.319 e. The lowest BCUT2D eigenvalue weighted by molar-refractivity contribution is 0.174. The lowest BCUT2D eigenvalue weighted by atomic mass is 10.2. The van der Waals surface area contributed by atoms with Gasteiger partial charge < -0.3 is 20.1 Å². The number of sulfonamides is 1. The summed E-state index contributed by atoms with van der Waals surface area (Å²) < 4.78 is 35.4. The normalized spacial score (nSPS) is 12.5. The van der Waals surface area contributed by atoms with Crippen molar-refractivity contribution in [1.29, 1.82) is 0 Å². The van der Waals surface area contributed by atoms with Crippen LogP contribution in [-0.2, 0) is 16.6 Å². The van der Waals surface area contributed by atoms with E-state index in [2.05, 4.69) is 15.4 Å². The highest BCUT2D eigenvalue weighted by molar-refractivity contribution is 7.92. The quantitative estimate of drug-likeness (QED) is 0.754. The predicted octanol–water partition coefficient (Wildman–Crippen LogP) is 2.11. The van der Waals surface area contributed by atoms with Crippen molar-refractivity contribution in [1.82, 2.24) is 5.32 Å². The molecule has 0 unspecified atom stereocenters. The first-order valence-corrected chi connectivity index (χ1v) is 9.29. The molecule has 0 spiro atoms. The molecule has 0 saturated carbocycles. The van der Waals surface area contributed by atoms with Crippen LogP contribution in [0.25, 0.3) is 0 Å². The van der Waals surface area contributed by atoms with Gasteiger partial charge in [-0.15, -0.1) is 0 Å². The van der Waals surface area contributed by atoms with E-state index >= 15 is 0 Å². The van der Waals surface area contributed by atoms with Crippen LogP contribution in [0.5, 0.6) is 11.5 Å². The van der Waals surface area contributed by atoms with E-state index < -0.39 is 16.1 Å². The number of fused-ring (bicyclic) bond motifs is 1. The summed E-state index contributed by atoms with van der Waals surface area (Å²) in [5, 5.41) is 5.37. The minimum atomic E-state index is -3.37. The van der Waals surface area contributed by atoms with Crippen LogP contribution in [0.1, 0.15) is 5.56 Å². The minimum Gasteiger partial charge on any atom is -0.454 e. The van der Waals surface area contributed by atoms with E-state index in [4.69, 9.17) is 9.47 Å². The Bertz CT molecular complexity index is 898. The summed E-state index contributed by atoms with van der Waals surface area (Å²) >= 11 is 0. The van der Waals surface area contributed by atoms with Crippen molar-refractivity contribution in [2.45, 2.75) is 6.54 Å². The number of nitrogens with one attached hydrogen (secondary N) is 3. The van der Waals surface area contributed by atoms with Crippen molar-refractivity contribution in [3.63, 3.8) is 0 Å². The van der Waals surface area contributed by atoms with Crippen LogP contribution < -0.4 is 24.8 Å². The molecule has 2 aromatic carbocycles. The number of carbonyl (C=O) groups is 1. The molecule has 1 aliphatic heterocycles. The second-order valence-corrected chi connectivity index (χ2v) is 7.20. The fraction of sp³-hybridized carbons (Fsp3) is 0.188. The van der Waals surface area contributed by atoms with Crippen LogP contribution in [0, 0.1) is 0 Å². The third-order valence-corrected chi connectivity index (χ3v) is 3.92. The van der Waals surface area contributed by atoms with E-state index in [9.17, 15) is 13.2 Å². The zero-order valence-corrected chi connectivity index (χ0v) is 14.2. The Labute approximate surface area is 145 Å². The van der Waals surface area contributed by atoms with Gasteiger partial charge in [0.1, 0.15) is 0 Å². The van der Waals surface area contributed by atoms with Gasteiger partial charge in [0.05, 0.1) is 11.9 Å². The van der Waals surface area contributed by atoms with E-state index in [1.807, 2.05) is 6.07 Å². The molecule has 0 aromatic heterocycles. The maximum atomic E-state index is 12.0. The van der Waals surface area contributed by atoms with Crippen LogP contribution in [0.2, 0.25) is 0 Å². The minimum absolute atomic E-state index is 0.199. The Balaban J connectivity index is 1.56. The molecule has 0 bridgehead atoms. The summed E-state index contributed by atoms with van der Waals surface area (Å²) in [7, 11) is -3.37. The molecule has 3 N–H and O–H groups in total. The van der Waals surface area contributed by atoms with Gasteiger partial charge in [-0.25, -0.2) is 13.2 Å². The largest absolute Gasteiger partial charge is 0.454 e. The fourth-order valence-electron chi connectivity index (χ4n) is 2.28. The van der Waals surface area contributed by atoms with E-state index in [0.29, 0.717) is 29.4 Å². The molecule has 0 radical (unpaired) electrons. The van der Waals surface area contributed by atoms with Gasteiger partial charge in [0.15, 0.2) is 11.5 Å². The summed E-state index contributed by atoms with van der Waals surface area (Å²) in [6, 6.07) is 11.4. The molecule has 132 valence electrons. The van der Waals surface area contributed by atoms with Crippen LogP contribution >= 0.6 is 0 Å². The molecule has 8 nitrogen and oxygen atoms in total. The highest BCUT2D eigenvalue weighted by Gasteiger charge is 2.13. The molecule has 1 heterocycles. The van der Waals surface area contributed by atoms with Gasteiger partial charge in [0.2, 0.25) is 16.8 Å². The Morgan fingerprint density at radius 2 is 1.84 bits per heavy atom. The molecular weight excluding hydrogens is 346 g/mol. The number of carbonyl (C=O) groups excluding carboxylic acids is 1. The van der Waals surface area contributed by atoms with Crippen LogP contribution in [-0.4, -0.2) is 27.5 Å². The molecule has 1 aliphatic rings. The first kappa shape index (κ1) is 16.9. The highest BCUT2D eigenvalue weighted by Crippen LogP contribution is 2.32. The molecule has 0 aliphatic carbocycles. The molecule has 9 heteroatoms. The molecule has 3 rings (SSSR count). The Morgan fingerprint density at radius 3 is 2.64 bits per heavy atom. The monoisotopic (exact) mass is 363 g/mol. The maximum absolute atomic E-state index is 12.0. The second-order valence-electron chi connectivity index (χ2n) is 5.45. The average molecular weight is 363 g/mol. The molecule has 2 aromatic rings. The standard InChI is InChI=1S/C16H17N3O5S/c1-25(21,22)19-13-4-2-3-12(8-13)18-16(20)17-9-11-5-6-14-15(7-11)24-10-23-14/h2-8,19H,9-10H2,1H3,(H2,17,18,20). The van der Waals surface area contributed by atoms with Gasteiger partial charge in [-0.05, 0) is 35.9 Å². The Hall–Kier alpha value is -2.94. The van der Waals surface area contributed by atoms with Gasteiger partial charge in [0.25, 0.3) is 0 Å². The number of hydrogen-bond acceptors (Lipinski definition) is 5. The number of amides is 2. The predicted molar refractivity (Wildman–Crippen MR) is 93.3 cm³/mol. The summed E-state index contributed by atoms with van der Waals surface area (Å²) in [6.07, 6.45) is 1.06. The van der Waals surface area contributed by atoms with E-state index in [1.165, 1.54) is 6.07 Å². The lowest BCUT2D eigenvalue weighted by Crippen LogP contribution is -2.28. The van der Waals surface area contributed by atoms with E-state index in [0.717, 1.165) is 11.8 Å².